The van der Waals surface area contributed by atoms with Crippen molar-refractivity contribution in [3.63, 3.8) is 0 Å². The maximum absolute atomic E-state index is 12.1. The quantitative estimate of drug-likeness (QED) is 0.0513. The summed E-state index contributed by atoms with van der Waals surface area (Å²) in [4.78, 5) is 24.1. The summed E-state index contributed by atoms with van der Waals surface area (Å²) < 4.78 is 10.5. The molecule has 5 nitrogen and oxygen atoms in total. The molecule has 0 aliphatic rings. The summed E-state index contributed by atoms with van der Waals surface area (Å²) in [5.74, 6) is -0.596. The monoisotopic (exact) mass is 566 g/mol. The van der Waals surface area contributed by atoms with Crippen LogP contribution in [0.3, 0.4) is 0 Å². The van der Waals surface area contributed by atoms with E-state index in [0.717, 1.165) is 44.9 Å². The largest absolute Gasteiger partial charge is 0.462 e. The molecular formula is C35H66O5. The Morgan fingerprint density at radius 1 is 0.550 bits per heavy atom. The van der Waals surface area contributed by atoms with Crippen molar-refractivity contribution in [1.82, 2.24) is 0 Å². The number of carbonyl (C=O) groups is 2. The van der Waals surface area contributed by atoms with Crippen LogP contribution >= 0.6 is 0 Å². The highest BCUT2D eigenvalue weighted by Gasteiger charge is 2.16. The van der Waals surface area contributed by atoms with Gasteiger partial charge < -0.3 is 14.6 Å². The molecule has 0 aromatic rings. The minimum absolute atomic E-state index is 0.0650. The third-order valence-electron chi connectivity index (χ3n) is 7.56. The van der Waals surface area contributed by atoms with Gasteiger partial charge in [0.05, 0.1) is 6.61 Å². The minimum Gasteiger partial charge on any atom is -0.462 e. The molecule has 0 radical (unpaired) electrons. The first kappa shape index (κ1) is 38.6. The standard InChI is InChI=1S/C35H66O5/c1-3-5-7-9-11-13-15-17-18-20-21-23-25-27-29-34(37)39-32-33(31-36)40-35(38)30-28-26-24-22-19-16-14-12-10-8-6-4-2/h15,17,33,36H,3-14,16,18-32H2,1-2H3/b17-15-. The van der Waals surface area contributed by atoms with E-state index < -0.39 is 6.10 Å². The molecule has 1 unspecified atom stereocenters. The van der Waals surface area contributed by atoms with Gasteiger partial charge in [-0.25, -0.2) is 0 Å². The molecule has 0 saturated heterocycles. The summed E-state index contributed by atoms with van der Waals surface area (Å²) in [7, 11) is 0. The Hall–Kier alpha value is -1.36. The molecular weight excluding hydrogens is 500 g/mol. The normalized spacial score (nSPS) is 12.2. The number of carbonyl (C=O) groups excluding carboxylic acids is 2. The van der Waals surface area contributed by atoms with Crippen LogP contribution in [-0.2, 0) is 19.1 Å². The van der Waals surface area contributed by atoms with E-state index in [1.165, 1.54) is 109 Å². The Morgan fingerprint density at radius 2 is 0.925 bits per heavy atom. The molecule has 0 amide bonds. The van der Waals surface area contributed by atoms with Gasteiger partial charge in [0.2, 0.25) is 0 Å². The van der Waals surface area contributed by atoms with Gasteiger partial charge in [-0.2, -0.15) is 0 Å². The van der Waals surface area contributed by atoms with E-state index in [-0.39, 0.29) is 25.2 Å². The van der Waals surface area contributed by atoms with Crippen LogP contribution in [0.15, 0.2) is 12.2 Å². The lowest BCUT2D eigenvalue weighted by Gasteiger charge is -2.15. The Labute approximate surface area is 248 Å². The number of aliphatic hydroxyl groups is 1. The fourth-order valence-electron chi connectivity index (χ4n) is 4.90. The predicted molar refractivity (Wildman–Crippen MR) is 168 cm³/mol. The second kappa shape index (κ2) is 32.2. The van der Waals surface area contributed by atoms with Crippen molar-refractivity contribution < 1.29 is 24.2 Å². The first-order valence-corrected chi connectivity index (χ1v) is 17.2. The van der Waals surface area contributed by atoms with E-state index in [4.69, 9.17) is 9.47 Å². The van der Waals surface area contributed by atoms with E-state index >= 15 is 0 Å². The van der Waals surface area contributed by atoms with Crippen molar-refractivity contribution in [3.8, 4) is 0 Å². The van der Waals surface area contributed by atoms with Gasteiger partial charge >= 0.3 is 11.9 Å². The van der Waals surface area contributed by atoms with Gasteiger partial charge in [-0.1, -0.05) is 142 Å². The molecule has 0 bridgehead atoms. The first-order valence-electron chi connectivity index (χ1n) is 17.2. The summed E-state index contributed by atoms with van der Waals surface area (Å²) in [6.07, 6.45) is 34.0. The first-order chi connectivity index (χ1) is 19.6. The predicted octanol–water partition coefficient (Wildman–Crippen LogP) is 10.2. The van der Waals surface area contributed by atoms with E-state index in [1.54, 1.807) is 0 Å². The summed E-state index contributed by atoms with van der Waals surface area (Å²) >= 11 is 0. The molecule has 5 heteroatoms. The number of esters is 2. The number of allylic oxidation sites excluding steroid dienone is 2. The van der Waals surface area contributed by atoms with Crippen LogP contribution < -0.4 is 0 Å². The molecule has 1 atom stereocenters. The topological polar surface area (TPSA) is 72.8 Å². The summed E-state index contributed by atoms with van der Waals surface area (Å²) in [5, 5.41) is 9.50. The van der Waals surface area contributed by atoms with Gasteiger partial charge in [0, 0.05) is 12.8 Å². The Morgan fingerprint density at radius 3 is 1.35 bits per heavy atom. The zero-order valence-electron chi connectivity index (χ0n) is 26.6. The Bertz CT molecular complexity index is 574. The molecule has 0 fully saturated rings. The van der Waals surface area contributed by atoms with Crippen molar-refractivity contribution in [2.24, 2.45) is 0 Å². The molecule has 0 aliphatic carbocycles. The van der Waals surface area contributed by atoms with Crippen LogP contribution in [0, 0.1) is 0 Å². The van der Waals surface area contributed by atoms with Crippen LogP contribution in [0.1, 0.15) is 181 Å². The molecule has 0 heterocycles. The summed E-state index contributed by atoms with van der Waals surface area (Å²) in [5.41, 5.74) is 0. The second-order valence-electron chi connectivity index (χ2n) is 11.6. The smallest absolute Gasteiger partial charge is 0.306 e. The number of ether oxygens (including phenoxy) is 2. The Balaban J connectivity index is 3.57. The van der Waals surface area contributed by atoms with E-state index in [1.807, 2.05) is 0 Å². The number of hydrogen-bond acceptors (Lipinski definition) is 5. The van der Waals surface area contributed by atoms with Gasteiger partial charge in [-0.05, 0) is 38.5 Å². The van der Waals surface area contributed by atoms with Crippen LogP contribution in [0.25, 0.3) is 0 Å². The molecule has 0 spiro atoms. The van der Waals surface area contributed by atoms with Gasteiger partial charge in [0.25, 0.3) is 0 Å². The highest BCUT2D eigenvalue weighted by atomic mass is 16.6. The number of aliphatic hydroxyl groups excluding tert-OH is 1. The van der Waals surface area contributed by atoms with Gasteiger partial charge in [0.15, 0.2) is 6.10 Å². The zero-order chi connectivity index (χ0) is 29.4. The number of unbranched alkanes of at least 4 members (excludes halogenated alkanes) is 21. The van der Waals surface area contributed by atoms with E-state index in [2.05, 4.69) is 26.0 Å². The lowest BCUT2D eigenvalue weighted by atomic mass is 10.0. The van der Waals surface area contributed by atoms with Crippen LogP contribution in [-0.4, -0.2) is 36.4 Å². The maximum atomic E-state index is 12.1. The third kappa shape index (κ3) is 29.6. The average molecular weight is 567 g/mol. The summed E-state index contributed by atoms with van der Waals surface area (Å²) in [6.45, 7) is 4.11. The summed E-state index contributed by atoms with van der Waals surface area (Å²) in [6, 6.07) is 0. The fourth-order valence-corrected chi connectivity index (χ4v) is 4.90. The van der Waals surface area contributed by atoms with E-state index in [0.29, 0.717) is 12.8 Å². The lowest BCUT2D eigenvalue weighted by molar-refractivity contribution is -0.161. The second-order valence-corrected chi connectivity index (χ2v) is 11.6. The lowest BCUT2D eigenvalue weighted by Crippen LogP contribution is -2.28. The van der Waals surface area contributed by atoms with Gasteiger partial charge in [0.1, 0.15) is 6.61 Å². The number of rotatable bonds is 31. The van der Waals surface area contributed by atoms with E-state index in [9.17, 15) is 14.7 Å². The molecule has 0 aromatic heterocycles. The maximum Gasteiger partial charge on any atom is 0.306 e. The molecule has 40 heavy (non-hydrogen) atoms. The molecule has 0 rings (SSSR count). The number of hydrogen-bond donors (Lipinski definition) is 1. The highest BCUT2D eigenvalue weighted by Crippen LogP contribution is 2.13. The van der Waals surface area contributed by atoms with Crippen molar-refractivity contribution in [3.05, 3.63) is 12.2 Å². The van der Waals surface area contributed by atoms with Crippen LogP contribution in [0.2, 0.25) is 0 Å². The average Bonchev–Trinajstić information content (AvgIpc) is 2.96. The minimum atomic E-state index is -0.766. The van der Waals surface area contributed by atoms with Crippen LogP contribution in [0.5, 0.6) is 0 Å². The third-order valence-corrected chi connectivity index (χ3v) is 7.56. The van der Waals surface area contributed by atoms with Gasteiger partial charge in [-0.3, -0.25) is 9.59 Å². The molecule has 0 aliphatic heterocycles. The van der Waals surface area contributed by atoms with Gasteiger partial charge in [-0.15, -0.1) is 0 Å². The SMILES string of the molecule is CCCCCCC/C=C\CCCCCCCC(=O)OCC(CO)OC(=O)CCCCCCCCCCCCCC. The molecule has 1 N–H and O–H groups in total. The van der Waals surface area contributed by atoms with Crippen molar-refractivity contribution in [2.45, 2.75) is 187 Å². The van der Waals surface area contributed by atoms with Crippen molar-refractivity contribution in [1.29, 1.82) is 0 Å². The highest BCUT2D eigenvalue weighted by molar-refractivity contribution is 5.70. The Kier molecular flexibility index (Phi) is 31.1. The fraction of sp³-hybridized carbons (Fsp3) is 0.886. The zero-order valence-corrected chi connectivity index (χ0v) is 26.6. The molecule has 236 valence electrons. The molecule has 0 aromatic carbocycles. The van der Waals surface area contributed by atoms with Crippen LogP contribution in [0.4, 0.5) is 0 Å². The molecule has 0 saturated carbocycles. The van der Waals surface area contributed by atoms with Crippen molar-refractivity contribution >= 4 is 11.9 Å². The van der Waals surface area contributed by atoms with Crippen molar-refractivity contribution in [2.75, 3.05) is 13.2 Å².